The summed E-state index contributed by atoms with van der Waals surface area (Å²) in [4.78, 5) is 28.6. The van der Waals surface area contributed by atoms with Crippen LogP contribution < -0.4 is 5.32 Å². The van der Waals surface area contributed by atoms with Crippen molar-refractivity contribution in [1.29, 1.82) is 0 Å². The molecule has 4 aromatic rings. The summed E-state index contributed by atoms with van der Waals surface area (Å²) < 4.78 is 1.98. The van der Waals surface area contributed by atoms with Gasteiger partial charge in [-0.2, -0.15) is 0 Å². The fourth-order valence-electron chi connectivity index (χ4n) is 3.23. The molecule has 2 heterocycles. The van der Waals surface area contributed by atoms with Gasteiger partial charge in [0.1, 0.15) is 0 Å². The number of thioether (sulfide) groups is 1. The lowest BCUT2D eigenvalue weighted by molar-refractivity contribution is -0.113. The second-order valence-corrected chi connectivity index (χ2v) is 8.00. The minimum absolute atomic E-state index is 0.0998. The molecule has 1 N–H and O–H groups in total. The van der Waals surface area contributed by atoms with Crippen LogP contribution in [0, 0.1) is 0 Å². The van der Waals surface area contributed by atoms with Crippen molar-refractivity contribution in [1.82, 2.24) is 19.7 Å². The van der Waals surface area contributed by atoms with Crippen LogP contribution in [0.4, 0.5) is 5.69 Å². The zero-order valence-electron chi connectivity index (χ0n) is 17.4. The Morgan fingerprint density at radius 2 is 1.75 bits per heavy atom. The number of nitrogens with one attached hydrogen (secondary N) is 1. The number of hydrogen-bond acceptors (Lipinski definition) is 6. The molecular weight excluding hydrogens is 422 g/mol. The first-order valence-electron chi connectivity index (χ1n) is 10.0. The summed E-state index contributed by atoms with van der Waals surface area (Å²) in [5.41, 5.74) is 2.94. The lowest BCUT2D eigenvalue weighted by Gasteiger charge is -2.11. The van der Waals surface area contributed by atoms with Crippen LogP contribution in [-0.4, -0.2) is 37.2 Å². The summed E-state index contributed by atoms with van der Waals surface area (Å²) in [5.74, 6) is 0.497. The van der Waals surface area contributed by atoms with Gasteiger partial charge in [0.2, 0.25) is 5.91 Å². The largest absolute Gasteiger partial charge is 0.325 e. The zero-order valence-corrected chi connectivity index (χ0v) is 18.2. The summed E-state index contributed by atoms with van der Waals surface area (Å²) in [6, 6.07) is 20.8. The molecule has 0 aliphatic rings. The van der Waals surface area contributed by atoms with Crippen LogP contribution in [0.3, 0.4) is 0 Å². The molecule has 2 aromatic heterocycles. The van der Waals surface area contributed by atoms with Gasteiger partial charge in [-0.1, -0.05) is 54.2 Å². The Balaban J connectivity index is 1.54. The second kappa shape index (κ2) is 10.0. The average Bonchev–Trinajstić information content (AvgIpc) is 3.21. The van der Waals surface area contributed by atoms with Gasteiger partial charge in [-0.25, -0.2) is 0 Å². The maximum absolute atomic E-state index is 12.6. The molecule has 0 unspecified atom stereocenters. The molecule has 0 aliphatic heterocycles. The molecule has 0 saturated heterocycles. The first kappa shape index (κ1) is 21.5. The van der Waals surface area contributed by atoms with Crippen molar-refractivity contribution in [2.24, 2.45) is 0 Å². The van der Waals surface area contributed by atoms with Gasteiger partial charge in [0.25, 0.3) is 0 Å². The van der Waals surface area contributed by atoms with Crippen LogP contribution in [0.1, 0.15) is 22.8 Å². The highest BCUT2D eigenvalue weighted by molar-refractivity contribution is 7.99. The standard InChI is InChI=1S/C24H21N5O2S/c1-17(30)20-11-5-6-12-21(20)26-22(31)16-32-24-28-27-23(19-10-7-13-25-14-19)29(24)15-18-8-3-2-4-9-18/h2-14H,15-16H2,1H3,(H,26,31). The van der Waals surface area contributed by atoms with E-state index in [1.165, 1.54) is 18.7 Å². The monoisotopic (exact) mass is 443 g/mol. The van der Waals surface area contributed by atoms with Crippen LogP contribution in [0.5, 0.6) is 0 Å². The number of anilines is 1. The molecule has 2 aromatic carbocycles. The molecule has 0 radical (unpaired) electrons. The summed E-state index contributed by atoms with van der Waals surface area (Å²) in [6.07, 6.45) is 3.45. The topological polar surface area (TPSA) is 89.8 Å². The van der Waals surface area contributed by atoms with Gasteiger partial charge in [0, 0.05) is 23.5 Å². The molecular formula is C24H21N5O2S. The third kappa shape index (κ3) is 5.09. The van der Waals surface area contributed by atoms with Crippen LogP contribution in [0.15, 0.2) is 84.3 Å². The molecule has 160 valence electrons. The molecule has 0 aliphatic carbocycles. The van der Waals surface area contributed by atoms with Crippen LogP contribution in [0.2, 0.25) is 0 Å². The third-order valence-electron chi connectivity index (χ3n) is 4.73. The van der Waals surface area contributed by atoms with E-state index in [9.17, 15) is 9.59 Å². The number of carbonyl (C=O) groups excluding carboxylic acids is 2. The summed E-state index contributed by atoms with van der Waals surface area (Å²) >= 11 is 1.30. The molecule has 0 spiro atoms. The Morgan fingerprint density at radius 3 is 2.50 bits per heavy atom. The number of ketones is 1. The van der Waals surface area contributed by atoms with Gasteiger partial charge in [-0.15, -0.1) is 10.2 Å². The number of amides is 1. The second-order valence-electron chi connectivity index (χ2n) is 7.06. The van der Waals surface area contributed by atoms with E-state index in [2.05, 4.69) is 20.5 Å². The molecule has 4 rings (SSSR count). The highest BCUT2D eigenvalue weighted by atomic mass is 32.2. The average molecular weight is 444 g/mol. The highest BCUT2D eigenvalue weighted by Gasteiger charge is 2.17. The van der Waals surface area contributed by atoms with E-state index < -0.39 is 0 Å². The number of Topliss-reactive ketones (excluding diaryl/α,β-unsaturated/α-hetero) is 1. The number of para-hydroxylation sites is 1. The van der Waals surface area contributed by atoms with Crippen molar-refractivity contribution in [3.63, 3.8) is 0 Å². The Bertz CT molecular complexity index is 1230. The number of hydrogen-bond donors (Lipinski definition) is 1. The molecule has 7 nitrogen and oxygen atoms in total. The number of benzene rings is 2. The van der Waals surface area contributed by atoms with Gasteiger partial charge in [0.15, 0.2) is 16.8 Å². The third-order valence-corrected chi connectivity index (χ3v) is 5.70. The van der Waals surface area contributed by atoms with E-state index in [-0.39, 0.29) is 17.4 Å². The molecule has 8 heteroatoms. The van der Waals surface area contributed by atoms with Crippen molar-refractivity contribution in [2.75, 3.05) is 11.1 Å². The van der Waals surface area contributed by atoms with Gasteiger partial charge in [0.05, 0.1) is 18.0 Å². The van der Waals surface area contributed by atoms with Gasteiger partial charge < -0.3 is 5.32 Å². The molecule has 0 bridgehead atoms. The van der Waals surface area contributed by atoms with E-state index in [0.717, 1.165) is 11.1 Å². The van der Waals surface area contributed by atoms with Crippen molar-refractivity contribution < 1.29 is 9.59 Å². The fourth-order valence-corrected chi connectivity index (χ4v) is 3.97. The lowest BCUT2D eigenvalue weighted by Crippen LogP contribution is -2.16. The maximum atomic E-state index is 12.6. The van der Waals surface area contributed by atoms with Crippen LogP contribution in [0.25, 0.3) is 11.4 Å². The summed E-state index contributed by atoms with van der Waals surface area (Å²) in [7, 11) is 0. The fraction of sp³-hybridized carbons (Fsp3) is 0.125. The number of nitrogens with zero attached hydrogens (tertiary/aromatic N) is 4. The number of aromatic nitrogens is 4. The SMILES string of the molecule is CC(=O)c1ccccc1NC(=O)CSc1nnc(-c2cccnc2)n1Cc1ccccc1. The van der Waals surface area contributed by atoms with Gasteiger partial charge >= 0.3 is 0 Å². The molecule has 0 atom stereocenters. The maximum Gasteiger partial charge on any atom is 0.234 e. The zero-order chi connectivity index (χ0) is 22.3. The van der Waals surface area contributed by atoms with Gasteiger partial charge in [-0.3, -0.25) is 19.1 Å². The summed E-state index contributed by atoms with van der Waals surface area (Å²) in [5, 5.41) is 12.1. The van der Waals surface area contributed by atoms with E-state index >= 15 is 0 Å². The van der Waals surface area contributed by atoms with E-state index in [0.29, 0.717) is 28.8 Å². The smallest absolute Gasteiger partial charge is 0.234 e. The molecule has 1 amide bonds. The number of rotatable bonds is 8. The Morgan fingerprint density at radius 1 is 0.969 bits per heavy atom. The van der Waals surface area contributed by atoms with Crippen molar-refractivity contribution in [2.45, 2.75) is 18.6 Å². The minimum Gasteiger partial charge on any atom is -0.325 e. The Labute approximate surface area is 189 Å². The minimum atomic E-state index is -0.221. The highest BCUT2D eigenvalue weighted by Crippen LogP contribution is 2.25. The Hall–Kier alpha value is -3.78. The molecule has 32 heavy (non-hydrogen) atoms. The quantitative estimate of drug-likeness (QED) is 0.322. The van der Waals surface area contributed by atoms with Crippen molar-refractivity contribution in [3.8, 4) is 11.4 Å². The number of carbonyl (C=O) groups is 2. The molecule has 0 fully saturated rings. The molecule has 0 saturated carbocycles. The van der Waals surface area contributed by atoms with Crippen LogP contribution in [-0.2, 0) is 11.3 Å². The summed E-state index contributed by atoms with van der Waals surface area (Å²) in [6.45, 7) is 2.04. The van der Waals surface area contributed by atoms with Crippen LogP contribution >= 0.6 is 11.8 Å². The van der Waals surface area contributed by atoms with E-state index in [1.54, 1.807) is 36.7 Å². The predicted molar refractivity (Wildman–Crippen MR) is 125 cm³/mol. The predicted octanol–water partition coefficient (Wildman–Crippen LogP) is 4.32. The Kier molecular flexibility index (Phi) is 6.72. The van der Waals surface area contributed by atoms with Crippen molar-refractivity contribution in [3.05, 3.63) is 90.3 Å². The first-order chi connectivity index (χ1) is 15.6. The number of pyridine rings is 1. The lowest BCUT2D eigenvalue weighted by atomic mass is 10.1. The van der Waals surface area contributed by atoms with E-state index in [1.807, 2.05) is 47.0 Å². The van der Waals surface area contributed by atoms with E-state index in [4.69, 9.17) is 0 Å². The normalized spacial score (nSPS) is 10.7. The van der Waals surface area contributed by atoms with Gasteiger partial charge in [-0.05, 0) is 36.8 Å². The first-order valence-corrected chi connectivity index (χ1v) is 11.0. The van der Waals surface area contributed by atoms with Crippen molar-refractivity contribution >= 4 is 29.1 Å².